The topological polar surface area (TPSA) is 70.6 Å². The van der Waals surface area contributed by atoms with Crippen LogP contribution >= 0.6 is 0 Å². The summed E-state index contributed by atoms with van der Waals surface area (Å²) in [7, 11) is 0. The number of carbonyl (C=O) groups excluding carboxylic acids is 1. The van der Waals surface area contributed by atoms with Crippen molar-refractivity contribution >= 4 is 22.8 Å². The molecule has 7 heteroatoms. The van der Waals surface area contributed by atoms with Crippen molar-refractivity contribution in [3.63, 3.8) is 0 Å². The highest BCUT2D eigenvalue weighted by molar-refractivity contribution is 5.82. The van der Waals surface area contributed by atoms with Crippen molar-refractivity contribution in [2.45, 2.75) is 31.4 Å². The zero-order valence-corrected chi connectivity index (χ0v) is 24.9. The number of hydrogen-bond acceptors (Lipinski definition) is 6. The highest BCUT2D eigenvalue weighted by Gasteiger charge is 2.46. The average molecular weight is 584 g/mol. The molecule has 5 aromatic rings. The standard InChI is InChI=1S/C37H37N5O2/c43-36(39-27-28-17-20-38-21-18-28)44-37(32-12-4-2-10-30(32)31-11-3-5-13-33(31)37)19-7-8-22-41-23-25-42(26-24-41)35-16-15-29-9-1-6-14-34(29)40-35/h1-6,9-18,20-21H,7-8,19,22-27H2,(H,39,43). The lowest BCUT2D eigenvalue weighted by Crippen LogP contribution is -2.47. The molecular formula is C37H37N5O2. The predicted molar refractivity (Wildman–Crippen MR) is 174 cm³/mol. The van der Waals surface area contributed by atoms with Gasteiger partial charge in [-0.2, -0.15) is 0 Å². The Bertz CT molecular complexity index is 1700. The van der Waals surface area contributed by atoms with Crippen LogP contribution in [0.5, 0.6) is 0 Å². The molecule has 1 N–H and O–H groups in total. The number of amides is 1. The van der Waals surface area contributed by atoms with Crippen LogP contribution in [0.4, 0.5) is 10.6 Å². The number of hydrogen-bond donors (Lipinski definition) is 1. The summed E-state index contributed by atoms with van der Waals surface area (Å²) in [5, 5.41) is 4.15. The van der Waals surface area contributed by atoms with E-state index in [0.717, 1.165) is 91.1 Å². The van der Waals surface area contributed by atoms with Crippen LogP contribution in [-0.2, 0) is 16.9 Å². The molecule has 0 bridgehead atoms. The number of ether oxygens (including phenoxy) is 1. The van der Waals surface area contributed by atoms with Gasteiger partial charge in [0.15, 0.2) is 5.60 Å². The van der Waals surface area contributed by atoms with E-state index in [2.05, 4.69) is 86.8 Å². The normalized spacial score (nSPS) is 15.5. The van der Waals surface area contributed by atoms with E-state index in [1.807, 2.05) is 30.3 Å². The van der Waals surface area contributed by atoms with Crippen LogP contribution in [-0.4, -0.2) is 53.7 Å². The van der Waals surface area contributed by atoms with Gasteiger partial charge in [-0.15, -0.1) is 0 Å². The number of para-hydroxylation sites is 1. The molecule has 0 radical (unpaired) electrons. The summed E-state index contributed by atoms with van der Waals surface area (Å²) in [6.07, 6.45) is 5.74. The smallest absolute Gasteiger partial charge is 0.408 e. The molecule has 2 aromatic heterocycles. The van der Waals surface area contributed by atoms with E-state index < -0.39 is 11.7 Å². The summed E-state index contributed by atoms with van der Waals surface area (Å²) >= 11 is 0. The minimum atomic E-state index is -0.823. The lowest BCUT2D eigenvalue weighted by Gasteiger charge is -2.36. The number of carbonyl (C=O) groups is 1. The third kappa shape index (κ3) is 5.63. The number of unbranched alkanes of at least 4 members (excludes halogenated alkanes) is 1. The summed E-state index contributed by atoms with van der Waals surface area (Å²) in [5.41, 5.74) is 5.62. The summed E-state index contributed by atoms with van der Waals surface area (Å²) in [6.45, 7) is 5.38. The maximum Gasteiger partial charge on any atom is 0.408 e. The van der Waals surface area contributed by atoms with E-state index in [-0.39, 0.29) is 0 Å². The van der Waals surface area contributed by atoms with Crippen molar-refractivity contribution in [2.75, 3.05) is 37.6 Å². The molecule has 1 saturated heterocycles. The van der Waals surface area contributed by atoms with E-state index in [1.54, 1.807) is 12.4 Å². The minimum Gasteiger partial charge on any atom is -0.433 e. The Balaban J connectivity index is 1.00. The van der Waals surface area contributed by atoms with Gasteiger partial charge in [0.05, 0.1) is 5.52 Å². The fourth-order valence-electron chi connectivity index (χ4n) is 6.73. The zero-order chi connectivity index (χ0) is 29.8. The average Bonchev–Trinajstić information content (AvgIpc) is 3.35. The monoisotopic (exact) mass is 583 g/mol. The number of pyridine rings is 2. The van der Waals surface area contributed by atoms with Crippen molar-refractivity contribution in [1.29, 1.82) is 0 Å². The number of fused-ring (bicyclic) bond motifs is 4. The number of alkyl carbamates (subject to hydrolysis) is 1. The zero-order valence-electron chi connectivity index (χ0n) is 24.9. The van der Waals surface area contributed by atoms with Crippen LogP contribution in [0.3, 0.4) is 0 Å². The van der Waals surface area contributed by atoms with Crippen LogP contribution in [0.15, 0.2) is 109 Å². The Kier molecular flexibility index (Phi) is 7.95. The number of rotatable bonds is 9. The highest BCUT2D eigenvalue weighted by atomic mass is 16.6. The third-order valence-electron chi connectivity index (χ3n) is 9.00. The summed E-state index contributed by atoms with van der Waals surface area (Å²) in [4.78, 5) is 27.2. The number of anilines is 1. The SMILES string of the molecule is O=C(NCc1ccncc1)OC1(CCCCN2CCN(c3ccc4ccccc4n3)CC2)c2ccccc2-c2ccccc21. The Morgan fingerprint density at radius 2 is 1.45 bits per heavy atom. The predicted octanol–water partition coefficient (Wildman–Crippen LogP) is 6.77. The molecule has 0 spiro atoms. The molecule has 7 rings (SSSR count). The molecule has 7 nitrogen and oxygen atoms in total. The quantitative estimate of drug-likeness (QED) is 0.193. The molecule has 0 unspecified atom stereocenters. The molecule has 3 heterocycles. The largest absolute Gasteiger partial charge is 0.433 e. The van der Waals surface area contributed by atoms with Gasteiger partial charge in [0, 0.05) is 61.6 Å². The first-order valence-corrected chi connectivity index (χ1v) is 15.6. The summed E-state index contributed by atoms with van der Waals surface area (Å²) in [5.74, 6) is 1.06. The number of piperazine rings is 1. The van der Waals surface area contributed by atoms with Crippen molar-refractivity contribution in [3.8, 4) is 11.1 Å². The fourth-order valence-corrected chi connectivity index (χ4v) is 6.73. The van der Waals surface area contributed by atoms with E-state index in [0.29, 0.717) is 6.54 Å². The summed E-state index contributed by atoms with van der Waals surface area (Å²) in [6, 6.07) is 33.1. The van der Waals surface area contributed by atoms with Gasteiger partial charge in [0.1, 0.15) is 5.82 Å². The van der Waals surface area contributed by atoms with E-state index in [4.69, 9.17) is 9.72 Å². The molecule has 3 aromatic carbocycles. The van der Waals surface area contributed by atoms with Crippen LogP contribution < -0.4 is 10.2 Å². The van der Waals surface area contributed by atoms with Crippen molar-refractivity contribution < 1.29 is 9.53 Å². The second kappa shape index (κ2) is 12.5. The minimum absolute atomic E-state index is 0.390. The van der Waals surface area contributed by atoms with Gasteiger partial charge in [-0.3, -0.25) is 9.88 Å². The van der Waals surface area contributed by atoms with Crippen LogP contribution in [0, 0.1) is 0 Å². The maximum atomic E-state index is 13.3. The fraction of sp³-hybridized carbons (Fsp3) is 0.270. The van der Waals surface area contributed by atoms with Gasteiger partial charge in [-0.25, -0.2) is 9.78 Å². The Hall–Kier alpha value is -4.75. The van der Waals surface area contributed by atoms with Crippen LogP contribution in [0.2, 0.25) is 0 Å². The lowest BCUT2D eigenvalue weighted by molar-refractivity contribution is 0.0325. The van der Waals surface area contributed by atoms with Crippen LogP contribution in [0.1, 0.15) is 36.0 Å². The second-order valence-corrected chi connectivity index (χ2v) is 11.7. The molecule has 1 fully saturated rings. The second-order valence-electron chi connectivity index (χ2n) is 11.7. The Labute approximate surface area is 258 Å². The Morgan fingerprint density at radius 1 is 0.773 bits per heavy atom. The van der Waals surface area contributed by atoms with Crippen molar-refractivity contribution in [2.24, 2.45) is 0 Å². The first kappa shape index (κ1) is 28.0. The van der Waals surface area contributed by atoms with Gasteiger partial charge in [-0.05, 0) is 72.8 Å². The van der Waals surface area contributed by atoms with Gasteiger partial charge >= 0.3 is 6.09 Å². The van der Waals surface area contributed by atoms with Gasteiger partial charge in [0.25, 0.3) is 0 Å². The molecule has 1 amide bonds. The molecule has 0 atom stereocenters. The molecule has 1 aliphatic heterocycles. The van der Waals surface area contributed by atoms with Gasteiger partial charge in [0.2, 0.25) is 0 Å². The molecule has 222 valence electrons. The first-order valence-electron chi connectivity index (χ1n) is 15.6. The Morgan fingerprint density at radius 3 is 2.20 bits per heavy atom. The van der Waals surface area contributed by atoms with Gasteiger partial charge < -0.3 is 15.0 Å². The van der Waals surface area contributed by atoms with E-state index in [9.17, 15) is 4.79 Å². The number of nitrogens with zero attached hydrogens (tertiary/aromatic N) is 4. The van der Waals surface area contributed by atoms with E-state index in [1.165, 1.54) is 5.39 Å². The van der Waals surface area contributed by atoms with Crippen LogP contribution in [0.25, 0.3) is 22.0 Å². The van der Waals surface area contributed by atoms with E-state index >= 15 is 0 Å². The molecule has 0 saturated carbocycles. The maximum absolute atomic E-state index is 13.3. The molecular weight excluding hydrogens is 546 g/mol. The van der Waals surface area contributed by atoms with Gasteiger partial charge in [-0.1, -0.05) is 66.7 Å². The third-order valence-corrected chi connectivity index (χ3v) is 9.00. The molecule has 44 heavy (non-hydrogen) atoms. The number of aromatic nitrogens is 2. The van der Waals surface area contributed by atoms with Crippen molar-refractivity contribution in [1.82, 2.24) is 20.2 Å². The number of benzene rings is 3. The lowest BCUT2D eigenvalue weighted by atomic mass is 9.86. The first-order chi connectivity index (χ1) is 21.7. The highest BCUT2D eigenvalue weighted by Crippen LogP contribution is 2.52. The molecule has 2 aliphatic rings. The van der Waals surface area contributed by atoms with Crippen molar-refractivity contribution in [3.05, 3.63) is 126 Å². The number of nitrogens with one attached hydrogen (secondary N) is 1. The molecule has 1 aliphatic carbocycles. The summed E-state index contributed by atoms with van der Waals surface area (Å²) < 4.78 is 6.47.